The predicted molar refractivity (Wildman–Crippen MR) is 104 cm³/mol. The fourth-order valence-electron chi connectivity index (χ4n) is 3.61. The van der Waals surface area contributed by atoms with Gasteiger partial charge in [-0.3, -0.25) is 0 Å². The van der Waals surface area contributed by atoms with Crippen LogP contribution in [0.5, 0.6) is 0 Å². The van der Waals surface area contributed by atoms with Crippen LogP contribution in [0, 0.1) is 5.82 Å². The normalized spacial score (nSPS) is 16.6. The van der Waals surface area contributed by atoms with E-state index in [4.69, 9.17) is 9.72 Å². The summed E-state index contributed by atoms with van der Waals surface area (Å²) in [7, 11) is 1.67. The van der Waals surface area contributed by atoms with Gasteiger partial charge in [0.15, 0.2) is 5.65 Å². The van der Waals surface area contributed by atoms with E-state index in [1.165, 1.54) is 12.1 Å². The van der Waals surface area contributed by atoms with E-state index < -0.39 is 0 Å². The molecule has 3 aromatic rings. The molecule has 0 saturated carbocycles. The van der Waals surface area contributed by atoms with E-state index in [9.17, 15) is 9.18 Å². The van der Waals surface area contributed by atoms with Crippen LogP contribution < -0.4 is 5.32 Å². The molecular formula is C20H22FN5O2. The number of likely N-dealkylation sites (tertiary alicyclic amines) is 1. The minimum absolute atomic E-state index is 0.115. The van der Waals surface area contributed by atoms with Crippen LogP contribution in [-0.4, -0.2) is 52.3 Å². The molecule has 2 amide bonds. The minimum Gasteiger partial charge on any atom is -0.383 e. The maximum Gasteiger partial charge on any atom is 0.321 e. The van der Waals surface area contributed by atoms with Gasteiger partial charge in [0, 0.05) is 44.5 Å². The molecule has 1 aliphatic rings. The van der Waals surface area contributed by atoms with Gasteiger partial charge in [-0.15, -0.1) is 0 Å². The number of carbonyl (C=O) groups excluding carboxylic acids is 1. The largest absolute Gasteiger partial charge is 0.383 e. The molecule has 8 heteroatoms. The molecule has 0 radical (unpaired) electrons. The molecule has 1 atom stereocenters. The number of amides is 2. The van der Waals surface area contributed by atoms with Crippen LogP contribution in [0.4, 0.5) is 14.9 Å². The van der Waals surface area contributed by atoms with Crippen molar-refractivity contribution in [3.8, 4) is 0 Å². The molecule has 0 spiro atoms. The third kappa shape index (κ3) is 3.68. The fraction of sp³-hybridized carbons (Fsp3) is 0.350. The van der Waals surface area contributed by atoms with Crippen molar-refractivity contribution in [3.05, 3.63) is 54.2 Å². The summed E-state index contributed by atoms with van der Waals surface area (Å²) in [6.45, 7) is 2.39. The number of benzene rings is 1. The molecule has 7 nitrogen and oxygen atoms in total. The monoisotopic (exact) mass is 383 g/mol. The van der Waals surface area contributed by atoms with Gasteiger partial charge in [-0.2, -0.15) is 0 Å². The quantitative estimate of drug-likeness (QED) is 0.734. The van der Waals surface area contributed by atoms with Crippen LogP contribution in [0.2, 0.25) is 0 Å². The van der Waals surface area contributed by atoms with Crippen LogP contribution in [0.15, 0.2) is 42.6 Å². The van der Waals surface area contributed by atoms with Crippen molar-refractivity contribution in [1.29, 1.82) is 0 Å². The molecule has 146 valence electrons. The number of halogens is 1. The number of nitrogens with zero attached hydrogens (tertiary/aromatic N) is 4. The zero-order valence-corrected chi connectivity index (χ0v) is 15.6. The number of methoxy groups -OCH3 is 1. The lowest BCUT2D eigenvalue weighted by molar-refractivity contribution is 0.186. The third-order valence-corrected chi connectivity index (χ3v) is 4.97. The van der Waals surface area contributed by atoms with E-state index in [1.54, 1.807) is 30.3 Å². The van der Waals surface area contributed by atoms with Gasteiger partial charge < -0.3 is 19.5 Å². The summed E-state index contributed by atoms with van der Waals surface area (Å²) >= 11 is 0. The average molecular weight is 383 g/mol. The summed E-state index contributed by atoms with van der Waals surface area (Å²) in [5.41, 5.74) is 2.12. The van der Waals surface area contributed by atoms with Crippen molar-refractivity contribution in [2.45, 2.75) is 18.9 Å². The standard InChI is InChI=1S/C20H22FN5O2/c1-28-11-10-26-18(24-17-6-3-8-22-19(17)26)14-7-9-25(13-14)20(27)23-16-5-2-4-15(21)12-16/h2-6,8,12,14H,7,9-11,13H2,1H3,(H,23,27)/t14-/m1/s1. The van der Waals surface area contributed by atoms with Gasteiger partial charge >= 0.3 is 6.03 Å². The van der Waals surface area contributed by atoms with Gasteiger partial charge in [-0.1, -0.05) is 6.07 Å². The number of ether oxygens (including phenoxy) is 1. The molecule has 4 rings (SSSR count). The molecule has 0 bridgehead atoms. The van der Waals surface area contributed by atoms with Crippen molar-refractivity contribution in [2.75, 3.05) is 32.1 Å². The molecule has 3 heterocycles. The zero-order chi connectivity index (χ0) is 19.5. The molecular weight excluding hydrogens is 361 g/mol. The summed E-state index contributed by atoms with van der Waals surface area (Å²) < 4.78 is 20.7. The first-order valence-corrected chi connectivity index (χ1v) is 9.27. The van der Waals surface area contributed by atoms with Crippen LogP contribution in [0.25, 0.3) is 11.2 Å². The van der Waals surface area contributed by atoms with Crippen molar-refractivity contribution in [1.82, 2.24) is 19.4 Å². The van der Waals surface area contributed by atoms with Gasteiger partial charge in [-0.05, 0) is 36.8 Å². The first-order valence-electron chi connectivity index (χ1n) is 9.27. The van der Waals surface area contributed by atoms with Crippen LogP contribution in [-0.2, 0) is 11.3 Å². The molecule has 1 fully saturated rings. The molecule has 1 aromatic carbocycles. The van der Waals surface area contributed by atoms with E-state index in [0.29, 0.717) is 31.9 Å². The number of rotatable bonds is 5. The summed E-state index contributed by atoms with van der Waals surface area (Å²) in [6.07, 6.45) is 2.57. The maximum absolute atomic E-state index is 13.3. The van der Waals surface area contributed by atoms with Crippen molar-refractivity contribution in [3.63, 3.8) is 0 Å². The van der Waals surface area contributed by atoms with Crippen molar-refractivity contribution >= 4 is 22.9 Å². The predicted octanol–water partition coefficient (Wildman–Crippen LogP) is 3.24. The van der Waals surface area contributed by atoms with E-state index in [2.05, 4.69) is 14.9 Å². The van der Waals surface area contributed by atoms with E-state index in [-0.39, 0.29) is 17.8 Å². The first-order chi connectivity index (χ1) is 13.7. The Bertz CT molecular complexity index is 990. The molecule has 2 aromatic heterocycles. The number of aromatic nitrogens is 3. The Labute approximate surface area is 162 Å². The minimum atomic E-state index is -0.378. The van der Waals surface area contributed by atoms with Crippen LogP contribution >= 0.6 is 0 Å². The van der Waals surface area contributed by atoms with Gasteiger partial charge in [0.2, 0.25) is 0 Å². The number of anilines is 1. The topological polar surface area (TPSA) is 72.3 Å². The highest BCUT2D eigenvalue weighted by Crippen LogP contribution is 2.29. The lowest BCUT2D eigenvalue weighted by Gasteiger charge is -2.18. The lowest BCUT2D eigenvalue weighted by Crippen LogP contribution is -2.33. The fourth-order valence-corrected chi connectivity index (χ4v) is 3.61. The molecule has 0 aliphatic carbocycles. The van der Waals surface area contributed by atoms with Crippen molar-refractivity contribution in [2.24, 2.45) is 0 Å². The Hall–Kier alpha value is -3.00. The highest BCUT2D eigenvalue weighted by molar-refractivity contribution is 5.89. The number of fused-ring (bicyclic) bond motifs is 1. The van der Waals surface area contributed by atoms with E-state index >= 15 is 0 Å². The molecule has 0 unspecified atom stereocenters. The summed E-state index contributed by atoms with van der Waals surface area (Å²) in [5.74, 6) is 0.660. The number of urea groups is 1. The number of imidazole rings is 1. The van der Waals surface area contributed by atoms with Gasteiger partial charge in [0.1, 0.15) is 17.2 Å². The van der Waals surface area contributed by atoms with E-state index in [1.807, 2.05) is 12.1 Å². The molecule has 1 aliphatic heterocycles. The Balaban J connectivity index is 1.51. The van der Waals surface area contributed by atoms with Crippen molar-refractivity contribution < 1.29 is 13.9 Å². The average Bonchev–Trinajstić information content (AvgIpc) is 3.31. The lowest BCUT2D eigenvalue weighted by atomic mass is 10.1. The van der Waals surface area contributed by atoms with Gasteiger partial charge in [0.25, 0.3) is 0 Å². The number of hydrogen-bond donors (Lipinski definition) is 1. The zero-order valence-electron chi connectivity index (χ0n) is 15.6. The third-order valence-electron chi connectivity index (χ3n) is 4.97. The Morgan fingerprint density at radius 2 is 2.25 bits per heavy atom. The Kier molecular flexibility index (Phi) is 5.21. The van der Waals surface area contributed by atoms with E-state index in [0.717, 1.165) is 23.4 Å². The van der Waals surface area contributed by atoms with Gasteiger partial charge in [-0.25, -0.2) is 19.2 Å². The summed E-state index contributed by atoms with van der Waals surface area (Å²) in [6, 6.07) is 9.48. The molecule has 1 N–H and O–H groups in total. The maximum atomic E-state index is 13.3. The highest BCUT2D eigenvalue weighted by Gasteiger charge is 2.31. The first kappa shape index (κ1) is 18.4. The number of nitrogens with one attached hydrogen (secondary N) is 1. The van der Waals surface area contributed by atoms with Crippen LogP contribution in [0.3, 0.4) is 0 Å². The SMILES string of the molecule is COCCn1c([C@@H]2CCN(C(=O)Nc3cccc(F)c3)C2)nc2cccnc21. The number of hydrogen-bond acceptors (Lipinski definition) is 4. The summed E-state index contributed by atoms with van der Waals surface area (Å²) in [4.78, 5) is 23.5. The van der Waals surface area contributed by atoms with Gasteiger partial charge in [0.05, 0.1) is 6.61 Å². The second-order valence-corrected chi connectivity index (χ2v) is 6.83. The Morgan fingerprint density at radius 1 is 1.36 bits per heavy atom. The van der Waals surface area contributed by atoms with Crippen LogP contribution in [0.1, 0.15) is 18.2 Å². The molecule has 28 heavy (non-hydrogen) atoms. The number of pyridine rings is 1. The smallest absolute Gasteiger partial charge is 0.321 e. The summed E-state index contributed by atoms with van der Waals surface area (Å²) in [5, 5.41) is 2.76. The second kappa shape index (κ2) is 7.93. The highest BCUT2D eigenvalue weighted by atomic mass is 19.1. The Morgan fingerprint density at radius 3 is 3.07 bits per heavy atom. The molecule has 1 saturated heterocycles. The number of carbonyl (C=O) groups is 1. The second-order valence-electron chi connectivity index (χ2n) is 6.83.